The minimum absolute atomic E-state index is 0.0458. The van der Waals surface area contributed by atoms with Crippen molar-refractivity contribution in [3.05, 3.63) is 64.9 Å². The molecule has 1 fully saturated rings. The molecule has 2 aromatic carbocycles. The Balaban J connectivity index is 1.70. The van der Waals surface area contributed by atoms with Crippen LogP contribution in [0.5, 0.6) is 0 Å². The molecule has 0 aromatic heterocycles. The van der Waals surface area contributed by atoms with E-state index in [0.29, 0.717) is 23.8 Å². The van der Waals surface area contributed by atoms with Gasteiger partial charge in [-0.2, -0.15) is 0 Å². The summed E-state index contributed by atoms with van der Waals surface area (Å²) in [6, 6.07) is 13.4. The average Bonchev–Trinajstić information content (AvgIpc) is 2.56. The van der Waals surface area contributed by atoms with Crippen LogP contribution in [0.4, 0.5) is 14.9 Å². The first kappa shape index (κ1) is 16.7. The zero-order valence-corrected chi connectivity index (χ0v) is 14.1. The molecule has 126 valence electrons. The maximum absolute atomic E-state index is 13.1. The maximum Gasteiger partial charge on any atom is 0.321 e. The van der Waals surface area contributed by atoms with E-state index in [4.69, 9.17) is 11.6 Å². The third-order valence-corrected chi connectivity index (χ3v) is 4.50. The summed E-state index contributed by atoms with van der Waals surface area (Å²) in [6.45, 7) is 1.94. The first-order valence-corrected chi connectivity index (χ1v) is 8.18. The quantitative estimate of drug-likeness (QED) is 0.891. The molecule has 0 aliphatic carbocycles. The second-order valence-electron chi connectivity index (χ2n) is 5.93. The van der Waals surface area contributed by atoms with Gasteiger partial charge in [0.15, 0.2) is 0 Å². The Morgan fingerprint density at radius 1 is 1.21 bits per heavy atom. The van der Waals surface area contributed by atoms with E-state index >= 15 is 0 Å². The third-order valence-electron chi connectivity index (χ3n) is 4.27. The van der Waals surface area contributed by atoms with Crippen molar-refractivity contribution in [2.24, 2.45) is 0 Å². The van der Waals surface area contributed by atoms with Crippen molar-refractivity contribution < 1.29 is 9.18 Å². The number of carbonyl (C=O) groups excluding carboxylic acids is 1. The molecule has 4 nitrogen and oxygen atoms in total. The van der Waals surface area contributed by atoms with Crippen LogP contribution in [0.15, 0.2) is 48.5 Å². The molecule has 6 heteroatoms. The van der Waals surface area contributed by atoms with Gasteiger partial charge in [0.05, 0.1) is 6.04 Å². The van der Waals surface area contributed by atoms with Gasteiger partial charge in [-0.05, 0) is 42.9 Å². The minimum Gasteiger partial charge on any atom is -0.321 e. The molecular formula is C18H19ClFN3O. The Hall–Kier alpha value is -2.11. The van der Waals surface area contributed by atoms with Gasteiger partial charge in [-0.3, -0.25) is 4.90 Å². The number of halogens is 2. The van der Waals surface area contributed by atoms with Gasteiger partial charge in [-0.1, -0.05) is 29.8 Å². The molecule has 0 bridgehead atoms. The molecule has 1 aliphatic rings. The molecule has 0 radical (unpaired) electrons. The van der Waals surface area contributed by atoms with Gasteiger partial charge < -0.3 is 10.2 Å². The fourth-order valence-corrected chi connectivity index (χ4v) is 3.06. The van der Waals surface area contributed by atoms with Gasteiger partial charge in [-0.25, -0.2) is 9.18 Å². The number of nitrogens with zero attached hydrogens (tertiary/aromatic N) is 2. The number of hydrogen-bond acceptors (Lipinski definition) is 2. The topological polar surface area (TPSA) is 35.6 Å². The first-order valence-electron chi connectivity index (χ1n) is 7.80. The van der Waals surface area contributed by atoms with Crippen molar-refractivity contribution in [2.75, 3.05) is 32.0 Å². The van der Waals surface area contributed by atoms with Crippen LogP contribution < -0.4 is 5.32 Å². The van der Waals surface area contributed by atoms with Crippen molar-refractivity contribution in [3.8, 4) is 0 Å². The summed E-state index contributed by atoms with van der Waals surface area (Å²) in [5, 5.41) is 3.45. The van der Waals surface area contributed by atoms with Crippen molar-refractivity contribution >= 4 is 23.3 Å². The molecule has 3 rings (SSSR count). The number of urea groups is 1. The van der Waals surface area contributed by atoms with Crippen molar-refractivity contribution in [1.82, 2.24) is 9.80 Å². The Kier molecular flexibility index (Phi) is 5.02. The molecule has 24 heavy (non-hydrogen) atoms. The summed E-state index contributed by atoms with van der Waals surface area (Å²) in [5.74, 6) is -0.257. The van der Waals surface area contributed by atoms with Crippen LogP contribution in [0.25, 0.3) is 0 Å². The summed E-state index contributed by atoms with van der Waals surface area (Å²) in [5.41, 5.74) is 1.67. The molecule has 2 amide bonds. The van der Waals surface area contributed by atoms with E-state index in [-0.39, 0.29) is 17.9 Å². The fraction of sp³-hybridized carbons (Fsp3) is 0.278. The Labute approximate surface area is 145 Å². The smallest absolute Gasteiger partial charge is 0.321 e. The number of piperazine rings is 1. The number of rotatable bonds is 2. The number of carbonyl (C=O) groups is 1. The molecule has 1 aliphatic heterocycles. The Morgan fingerprint density at radius 3 is 2.67 bits per heavy atom. The predicted molar refractivity (Wildman–Crippen MR) is 93.8 cm³/mol. The molecule has 0 spiro atoms. The summed E-state index contributed by atoms with van der Waals surface area (Å²) in [7, 11) is 2.01. The number of anilines is 1. The highest BCUT2D eigenvalue weighted by Gasteiger charge is 2.28. The van der Waals surface area contributed by atoms with Crippen LogP contribution in [0.1, 0.15) is 11.6 Å². The average molecular weight is 348 g/mol. The lowest BCUT2D eigenvalue weighted by Crippen LogP contribution is -2.50. The van der Waals surface area contributed by atoms with Crippen LogP contribution >= 0.6 is 11.6 Å². The van der Waals surface area contributed by atoms with E-state index in [1.54, 1.807) is 41.3 Å². The van der Waals surface area contributed by atoms with Crippen LogP contribution in [0, 0.1) is 5.82 Å². The molecule has 2 aromatic rings. The number of likely N-dealkylation sites (N-methyl/N-ethyl adjacent to an activating group) is 1. The highest BCUT2D eigenvalue weighted by atomic mass is 35.5. The summed E-state index contributed by atoms with van der Waals surface area (Å²) >= 11 is 5.95. The molecule has 1 atom stereocenters. The Bertz CT molecular complexity index is 722. The zero-order valence-electron chi connectivity index (χ0n) is 13.4. The normalized spacial score (nSPS) is 18.5. The lowest BCUT2D eigenvalue weighted by atomic mass is 10.0. The number of hydrogen-bond donors (Lipinski definition) is 1. The zero-order chi connectivity index (χ0) is 17.1. The highest BCUT2D eigenvalue weighted by Crippen LogP contribution is 2.25. The van der Waals surface area contributed by atoms with Crippen molar-refractivity contribution in [1.29, 1.82) is 0 Å². The van der Waals surface area contributed by atoms with Crippen LogP contribution in [-0.4, -0.2) is 42.5 Å². The van der Waals surface area contributed by atoms with Crippen molar-refractivity contribution in [2.45, 2.75) is 6.04 Å². The fourth-order valence-electron chi connectivity index (χ4n) is 2.87. The minimum atomic E-state index is -0.257. The first-order chi connectivity index (χ1) is 11.5. The van der Waals surface area contributed by atoms with E-state index in [2.05, 4.69) is 10.2 Å². The standard InChI is InChI=1S/C18H19ClFN3O/c1-22-9-10-23(12-17(22)13-5-7-15(20)8-6-13)18(24)21-16-4-2-3-14(19)11-16/h2-8,11,17H,9-10,12H2,1H3,(H,21,24). The van der Waals surface area contributed by atoms with E-state index in [1.165, 1.54) is 12.1 Å². The van der Waals surface area contributed by atoms with Crippen LogP contribution in [-0.2, 0) is 0 Å². The van der Waals surface area contributed by atoms with E-state index < -0.39 is 0 Å². The lowest BCUT2D eigenvalue weighted by Gasteiger charge is -2.39. The summed E-state index contributed by atoms with van der Waals surface area (Å²) in [4.78, 5) is 16.5. The van der Waals surface area contributed by atoms with E-state index in [9.17, 15) is 9.18 Å². The van der Waals surface area contributed by atoms with Gasteiger partial charge in [0, 0.05) is 30.3 Å². The summed E-state index contributed by atoms with van der Waals surface area (Å²) < 4.78 is 13.1. The number of benzene rings is 2. The number of nitrogens with one attached hydrogen (secondary N) is 1. The van der Waals surface area contributed by atoms with Gasteiger partial charge >= 0.3 is 6.03 Å². The predicted octanol–water partition coefficient (Wildman–Crippen LogP) is 4.00. The second-order valence-corrected chi connectivity index (χ2v) is 6.37. The summed E-state index contributed by atoms with van der Waals surface area (Å²) in [6.07, 6.45) is 0. The molecule has 1 unspecified atom stereocenters. The SMILES string of the molecule is CN1CCN(C(=O)Nc2cccc(Cl)c2)CC1c1ccc(F)cc1. The van der Waals surface area contributed by atoms with Crippen LogP contribution in [0.2, 0.25) is 5.02 Å². The van der Waals surface area contributed by atoms with Gasteiger partial charge in [0.1, 0.15) is 5.82 Å². The largest absolute Gasteiger partial charge is 0.321 e. The van der Waals surface area contributed by atoms with Gasteiger partial charge in [-0.15, -0.1) is 0 Å². The van der Waals surface area contributed by atoms with Gasteiger partial charge in [0.25, 0.3) is 0 Å². The lowest BCUT2D eigenvalue weighted by molar-refractivity contribution is 0.116. The highest BCUT2D eigenvalue weighted by molar-refractivity contribution is 6.30. The van der Waals surface area contributed by atoms with Gasteiger partial charge in [0.2, 0.25) is 0 Å². The van der Waals surface area contributed by atoms with Crippen LogP contribution in [0.3, 0.4) is 0 Å². The maximum atomic E-state index is 13.1. The second kappa shape index (κ2) is 7.20. The van der Waals surface area contributed by atoms with E-state index in [0.717, 1.165) is 12.1 Å². The number of amides is 2. The Morgan fingerprint density at radius 2 is 1.96 bits per heavy atom. The van der Waals surface area contributed by atoms with E-state index in [1.807, 2.05) is 7.05 Å². The molecule has 0 saturated carbocycles. The molecule has 1 saturated heterocycles. The molecule has 1 N–H and O–H groups in total. The third kappa shape index (κ3) is 3.86. The van der Waals surface area contributed by atoms with Crippen molar-refractivity contribution in [3.63, 3.8) is 0 Å². The monoisotopic (exact) mass is 347 g/mol. The molecule has 1 heterocycles. The molecular weight excluding hydrogens is 329 g/mol.